The van der Waals surface area contributed by atoms with Crippen molar-refractivity contribution in [2.75, 3.05) is 5.73 Å². The smallest absolute Gasteiger partial charge is 0.271 e. The number of hydrogen-bond acceptors (Lipinski definition) is 6. The van der Waals surface area contributed by atoms with Crippen LogP contribution < -0.4 is 16.1 Å². The van der Waals surface area contributed by atoms with E-state index < -0.39 is 0 Å². The zero-order valence-corrected chi connectivity index (χ0v) is 11.3. The fourth-order valence-electron chi connectivity index (χ4n) is 1.83. The Bertz CT molecular complexity index is 855. The first-order chi connectivity index (χ1) is 10.6. The Morgan fingerprint density at radius 3 is 2.86 bits per heavy atom. The number of benzene rings is 2. The van der Waals surface area contributed by atoms with Gasteiger partial charge in [0.1, 0.15) is 0 Å². The van der Waals surface area contributed by atoms with Crippen molar-refractivity contribution in [3.05, 3.63) is 58.8 Å². The normalized spacial score (nSPS) is 11.1. The van der Waals surface area contributed by atoms with E-state index in [0.717, 1.165) is 0 Å². The Balaban J connectivity index is 1.71. The number of nitrogen functional groups attached to an aromatic ring is 1. The zero-order valence-electron chi connectivity index (χ0n) is 11.3. The number of hydrazone groups is 1. The largest absolute Gasteiger partial charge is 0.399 e. The number of anilines is 1. The molecule has 8 nitrogen and oxygen atoms in total. The Kier molecular flexibility index (Phi) is 3.40. The summed E-state index contributed by atoms with van der Waals surface area (Å²) in [4.78, 5) is 12.1. The second-order valence-electron chi connectivity index (χ2n) is 4.50. The monoisotopic (exact) mass is 297 g/mol. The van der Waals surface area contributed by atoms with Gasteiger partial charge >= 0.3 is 0 Å². The minimum Gasteiger partial charge on any atom is -0.399 e. The molecular formula is C14H11N5O3. The van der Waals surface area contributed by atoms with Gasteiger partial charge in [0.15, 0.2) is 0 Å². The maximum absolute atomic E-state index is 11.8. The minimum absolute atomic E-state index is 0.286. The van der Waals surface area contributed by atoms with Crippen molar-refractivity contribution >= 4 is 28.8 Å². The van der Waals surface area contributed by atoms with E-state index in [9.17, 15) is 10.0 Å². The van der Waals surface area contributed by atoms with E-state index in [1.54, 1.807) is 42.5 Å². The first-order valence-corrected chi connectivity index (χ1v) is 6.32. The molecule has 0 saturated carbocycles. The summed E-state index contributed by atoms with van der Waals surface area (Å²) in [6.45, 7) is 0. The SMILES string of the molecule is Nc1ccc(C(=O)N/N=C/c2ccc3no[n+]([O-])c3c2)cc1. The van der Waals surface area contributed by atoms with Gasteiger partial charge < -0.3 is 10.9 Å². The van der Waals surface area contributed by atoms with Crippen LogP contribution in [0.3, 0.4) is 0 Å². The number of nitrogens with zero attached hydrogens (tertiary/aromatic N) is 3. The van der Waals surface area contributed by atoms with Crippen molar-refractivity contribution in [1.82, 2.24) is 10.6 Å². The highest BCUT2D eigenvalue weighted by molar-refractivity contribution is 5.95. The first-order valence-electron chi connectivity index (χ1n) is 6.32. The number of carbonyl (C=O) groups is 1. The predicted octanol–water partition coefficient (Wildman–Crippen LogP) is 0.807. The molecule has 8 heteroatoms. The van der Waals surface area contributed by atoms with E-state index in [4.69, 9.17) is 5.73 Å². The summed E-state index contributed by atoms with van der Waals surface area (Å²) in [6, 6.07) is 11.3. The number of amides is 1. The van der Waals surface area contributed by atoms with E-state index in [1.807, 2.05) is 0 Å². The van der Waals surface area contributed by atoms with E-state index in [1.165, 1.54) is 6.21 Å². The van der Waals surface area contributed by atoms with Crippen LogP contribution in [0.25, 0.3) is 11.0 Å². The fourth-order valence-corrected chi connectivity index (χ4v) is 1.83. The van der Waals surface area contributed by atoms with Crippen molar-refractivity contribution in [1.29, 1.82) is 0 Å². The number of rotatable bonds is 3. The Morgan fingerprint density at radius 1 is 1.32 bits per heavy atom. The molecule has 1 amide bonds. The number of aromatic nitrogens is 2. The quantitative estimate of drug-likeness (QED) is 0.321. The number of nitrogens with one attached hydrogen (secondary N) is 1. The van der Waals surface area contributed by atoms with Crippen LogP contribution in [0.2, 0.25) is 0 Å². The van der Waals surface area contributed by atoms with Crippen molar-refractivity contribution < 1.29 is 14.3 Å². The van der Waals surface area contributed by atoms with Crippen LogP contribution in [-0.4, -0.2) is 17.3 Å². The molecule has 0 fully saturated rings. The van der Waals surface area contributed by atoms with Gasteiger partial charge in [0.05, 0.1) is 6.21 Å². The topological polar surface area (TPSA) is 120 Å². The summed E-state index contributed by atoms with van der Waals surface area (Å²) in [5, 5.41) is 18.7. The van der Waals surface area contributed by atoms with Crippen LogP contribution in [0.5, 0.6) is 0 Å². The number of nitrogens with two attached hydrogens (primary N) is 1. The Hall–Kier alpha value is -3.42. The molecule has 3 rings (SSSR count). The molecule has 22 heavy (non-hydrogen) atoms. The third-order valence-corrected chi connectivity index (χ3v) is 2.96. The number of fused-ring (bicyclic) bond motifs is 1. The first kappa shape index (κ1) is 13.6. The zero-order chi connectivity index (χ0) is 15.5. The third kappa shape index (κ3) is 2.70. The average molecular weight is 297 g/mol. The summed E-state index contributed by atoms with van der Waals surface area (Å²) >= 11 is 0. The lowest BCUT2D eigenvalue weighted by atomic mass is 10.2. The second-order valence-corrected chi connectivity index (χ2v) is 4.50. The van der Waals surface area contributed by atoms with Gasteiger partial charge in [-0.1, -0.05) is 0 Å². The third-order valence-electron chi connectivity index (χ3n) is 2.96. The molecule has 0 aliphatic heterocycles. The van der Waals surface area contributed by atoms with Gasteiger partial charge in [-0.15, -0.1) is 0 Å². The fraction of sp³-hybridized carbons (Fsp3) is 0. The Labute approximate surface area is 124 Å². The van der Waals surface area contributed by atoms with Crippen LogP contribution in [0.4, 0.5) is 5.69 Å². The number of carbonyl (C=O) groups excluding carboxylic acids is 1. The molecule has 0 bridgehead atoms. The van der Waals surface area contributed by atoms with Crippen LogP contribution in [0.1, 0.15) is 15.9 Å². The van der Waals surface area contributed by atoms with Gasteiger partial charge in [0.2, 0.25) is 11.0 Å². The molecule has 0 aliphatic carbocycles. The predicted molar refractivity (Wildman–Crippen MR) is 78.9 cm³/mol. The molecule has 0 spiro atoms. The average Bonchev–Trinajstić information content (AvgIpc) is 2.89. The van der Waals surface area contributed by atoms with Gasteiger partial charge in [-0.3, -0.25) is 9.42 Å². The lowest BCUT2D eigenvalue weighted by molar-refractivity contribution is -0.782. The molecule has 0 atom stereocenters. The lowest BCUT2D eigenvalue weighted by Crippen LogP contribution is -2.22. The van der Waals surface area contributed by atoms with Gasteiger partial charge in [-0.25, -0.2) is 5.43 Å². The van der Waals surface area contributed by atoms with Crippen LogP contribution in [0, 0.1) is 5.21 Å². The maximum Gasteiger partial charge on any atom is 0.271 e. The highest BCUT2D eigenvalue weighted by Crippen LogP contribution is 2.09. The molecule has 3 N–H and O–H groups in total. The van der Waals surface area contributed by atoms with Gasteiger partial charge in [0.25, 0.3) is 5.91 Å². The van der Waals surface area contributed by atoms with Crippen LogP contribution >= 0.6 is 0 Å². The van der Waals surface area contributed by atoms with E-state index in [-0.39, 0.29) is 11.4 Å². The van der Waals surface area contributed by atoms with Gasteiger partial charge in [-0.05, 0) is 46.9 Å². The maximum atomic E-state index is 11.8. The van der Waals surface area contributed by atoms with E-state index >= 15 is 0 Å². The molecular weight excluding hydrogens is 286 g/mol. The summed E-state index contributed by atoms with van der Waals surface area (Å²) < 4.78 is 4.47. The van der Waals surface area contributed by atoms with Crippen molar-refractivity contribution in [3.63, 3.8) is 0 Å². The summed E-state index contributed by atoms with van der Waals surface area (Å²) in [5.74, 6) is -0.360. The van der Waals surface area contributed by atoms with E-state index in [0.29, 0.717) is 27.2 Å². The van der Waals surface area contributed by atoms with Crippen molar-refractivity contribution in [2.45, 2.75) is 0 Å². The Morgan fingerprint density at radius 2 is 2.09 bits per heavy atom. The van der Waals surface area contributed by atoms with Crippen molar-refractivity contribution in [2.24, 2.45) is 5.10 Å². The lowest BCUT2D eigenvalue weighted by Gasteiger charge is -2.00. The van der Waals surface area contributed by atoms with Gasteiger partial charge in [-0.2, -0.15) is 5.10 Å². The summed E-state index contributed by atoms with van der Waals surface area (Å²) in [5.41, 5.74) is 10.3. The van der Waals surface area contributed by atoms with E-state index in [2.05, 4.69) is 20.3 Å². The van der Waals surface area contributed by atoms with Crippen LogP contribution in [0.15, 0.2) is 52.2 Å². The second kappa shape index (κ2) is 5.52. The molecule has 0 unspecified atom stereocenters. The molecule has 0 aliphatic rings. The summed E-state index contributed by atoms with van der Waals surface area (Å²) in [7, 11) is 0. The summed E-state index contributed by atoms with van der Waals surface area (Å²) in [6.07, 6.45) is 1.42. The standard InChI is InChI=1S/C14H11N5O3/c15-11-4-2-10(3-5-11)14(20)17-16-8-9-1-6-12-13(7-9)19(21)22-18-12/h1-8H,15H2,(H,17,20)/b16-8+. The molecule has 2 aromatic carbocycles. The molecule has 0 saturated heterocycles. The minimum atomic E-state index is -0.360. The molecule has 3 aromatic rings. The highest BCUT2D eigenvalue weighted by Gasteiger charge is 2.08. The molecule has 1 aromatic heterocycles. The van der Waals surface area contributed by atoms with Gasteiger partial charge in [0, 0.05) is 22.5 Å². The number of hydrogen-bond donors (Lipinski definition) is 2. The molecule has 110 valence electrons. The van der Waals surface area contributed by atoms with Crippen molar-refractivity contribution in [3.8, 4) is 0 Å². The van der Waals surface area contributed by atoms with Crippen LogP contribution in [-0.2, 0) is 0 Å². The molecule has 0 radical (unpaired) electrons. The molecule has 1 heterocycles. The highest BCUT2D eigenvalue weighted by atomic mass is 16.8.